The minimum absolute atomic E-state index is 0.350. The van der Waals surface area contributed by atoms with E-state index in [-0.39, 0.29) is 5.75 Å². The number of aromatic nitrogens is 1. The summed E-state index contributed by atoms with van der Waals surface area (Å²) in [7, 11) is 0. The number of alkyl halides is 3. The van der Waals surface area contributed by atoms with Crippen molar-refractivity contribution in [1.29, 1.82) is 0 Å². The largest absolute Gasteiger partial charge is 0.573 e. The van der Waals surface area contributed by atoms with Gasteiger partial charge in [-0.25, -0.2) is 0 Å². The molecule has 0 saturated heterocycles. The Kier molecular flexibility index (Phi) is 4.07. The van der Waals surface area contributed by atoms with Crippen molar-refractivity contribution in [1.82, 2.24) is 4.98 Å². The highest BCUT2D eigenvalue weighted by atomic mass is 19.4. The molecule has 0 atom stereocenters. The predicted molar refractivity (Wildman–Crippen MR) is 82.8 cm³/mol. The lowest BCUT2D eigenvalue weighted by Crippen LogP contribution is -2.17. The van der Waals surface area contributed by atoms with Crippen LogP contribution < -0.4 is 10.1 Å². The lowest BCUT2D eigenvalue weighted by molar-refractivity contribution is -0.274. The van der Waals surface area contributed by atoms with Gasteiger partial charge in [-0.3, -0.25) is 9.78 Å². The molecular weight excluding hydrogens is 321 g/mol. The molecule has 0 saturated carbocycles. The van der Waals surface area contributed by atoms with Gasteiger partial charge in [0.2, 0.25) is 0 Å². The molecule has 0 radical (unpaired) electrons. The van der Waals surface area contributed by atoms with E-state index in [1.54, 1.807) is 6.07 Å². The summed E-state index contributed by atoms with van der Waals surface area (Å²) in [5.41, 5.74) is 1.47. The van der Waals surface area contributed by atoms with E-state index in [0.29, 0.717) is 11.3 Å². The number of hydrogen-bond donors (Lipinski definition) is 1. The van der Waals surface area contributed by atoms with Crippen LogP contribution in [-0.2, 0) is 0 Å². The molecule has 0 spiro atoms. The first-order valence-corrected chi connectivity index (χ1v) is 6.93. The van der Waals surface area contributed by atoms with Crippen LogP contribution in [0, 0.1) is 0 Å². The van der Waals surface area contributed by atoms with Gasteiger partial charge in [-0.15, -0.1) is 13.2 Å². The second-order valence-electron chi connectivity index (χ2n) is 4.94. The Hall–Kier alpha value is -3.09. The molecular formula is C17H11F3N2O2. The second kappa shape index (κ2) is 6.19. The molecule has 1 N–H and O–H groups in total. The number of halogens is 3. The second-order valence-corrected chi connectivity index (χ2v) is 4.94. The van der Waals surface area contributed by atoms with Crippen LogP contribution in [0.5, 0.6) is 5.75 Å². The summed E-state index contributed by atoms with van der Waals surface area (Å²) < 4.78 is 40.1. The Morgan fingerprint density at radius 3 is 2.46 bits per heavy atom. The van der Waals surface area contributed by atoms with Crippen LogP contribution in [0.3, 0.4) is 0 Å². The molecule has 7 heteroatoms. The Labute approximate surface area is 134 Å². The Bertz CT molecular complexity index is 877. The molecule has 4 nitrogen and oxygen atoms in total. The zero-order valence-corrected chi connectivity index (χ0v) is 12.2. The van der Waals surface area contributed by atoms with Crippen molar-refractivity contribution < 1.29 is 22.7 Å². The highest BCUT2D eigenvalue weighted by molar-refractivity contribution is 6.05. The third kappa shape index (κ3) is 3.81. The number of amides is 1. The maximum absolute atomic E-state index is 12.2. The molecule has 0 aliphatic carbocycles. The molecule has 3 rings (SSSR count). The van der Waals surface area contributed by atoms with Gasteiger partial charge in [0, 0.05) is 17.3 Å². The van der Waals surface area contributed by atoms with E-state index < -0.39 is 12.3 Å². The number of para-hydroxylation sites is 1. The minimum atomic E-state index is -4.75. The van der Waals surface area contributed by atoms with Gasteiger partial charge < -0.3 is 10.1 Å². The average molecular weight is 332 g/mol. The fourth-order valence-corrected chi connectivity index (χ4v) is 2.14. The van der Waals surface area contributed by atoms with Crippen LogP contribution in [0.4, 0.5) is 18.9 Å². The van der Waals surface area contributed by atoms with Crippen molar-refractivity contribution in [2.24, 2.45) is 0 Å². The van der Waals surface area contributed by atoms with Crippen LogP contribution >= 0.6 is 0 Å². The quantitative estimate of drug-likeness (QED) is 0.774. The Morgan fingerprint density at radius 1 is 1.04 bits per heavy atom. The maximum Gasteiger partial charge on any atom is 0.573 e. The molecule has 0 bridgehead atoms. The highest BCUT2D eigenvalue weighted by Crippen LogP contribution is 2.24. The molecule has 0 aliphatic rings. The van der Waals surface area contributed by atoms with Gasteiger partial charge >= 0.3 is 6.36 Å². The van der Waals surface area contributed by atoms with E-state index in [9.17, 15) is 18.0 Å². The van der Waals surface area contributed by atoms with E-state index >= 15 is 0 Å². The number of nitrogens with one attached hydrogen (secondary N) is 1. The average Bonchev–Trinajstić information content (AvgIpc) is 2.55. The number of rotatable bonds is 3. The van der Waals surface area contributed by atoms with Gasteiger partial charge in [0.15, 0.2) is 0 Å². The standard InChI is InChI=1S/C17H11F3N2O2/c18-17(19,20)24-14-7-5-13(6-8-14)22-16(23)12-9-11-3-1-2-4-15(11)21-10-12/h1-10H,(H,22,23). The molecule has 0 unspecified atom stereocenters. The van der Waals surface area contributed by atoms with Crippen LogP contribution in [0.2, 0.25) is 0 Å². The van der Waals surface area contributed by atoms with Crippen LogP contribution in [0.1, 0.15) is 10.4 Å². The fourth-order valence-electron chi connectivity index (χ4n) is 2.14. The first-order valence-electron chi connectivity index (χ1n) is 6.93. The van der Waals surface area contributed by atoms with Crippen molar-refractivity contribution in [2.45, 2.75) is 6.36 Å². The third-order valence-electron chi connectivity index (χ3n) is 3.20. The molecule has 24 heavy (non-hydrogen) atoms. The summed E-state index contributed by atoms with van der Waals surface area (Å²) in [6, 6.07) is 14.0. The van der Waals surface area contributed by atoms with Crippen molar-refractivity contribution in [3.05, 3.63) is 66.4 Å². The summed E-state index contributed by atoms with van der Waals surface area (Å²) in [6.45, 7) is 0. The fraction of sp³-hybridized carbons (Fsp3) is 0.0588. The van der Waals surface area contributed by atoms with Crippen molar-refractivity contribution in [3.63, 3.8) is 0 Å². The number of benzene rings is 2. The molecule has 1 amide bonds. The minimum Gasteiger partial charge on any atom is -0.406 e. The molecule has 122 valence electrons. The van der Waals surface area contributed by atoms with E-state index in [2.05, 4.69) is 15.0 Å². The van der Waals surface area contributed by atoms with E-state index in [0.717, 1.165) is 23.0 Å². The maximum atomic E-state index is 12.2. The van der Waals surface area contributed by atoms with Crippen molar-refractivity contribution in [3.8, 4) is 5.75 Å². The molecule has 0 aliphatic heterocycles. The van der Waals surface area contributed by atoms with Gasteiger partial charge in [0.25, 0.3) is 5.91 Å². The predicted octanol–water partition coefficient (Wildman–Crippen LogP) is 4.39. The summed E-state index contributed by atoms with van der Waals surface area (Å²) in [4.78, 5) is 16.4. The van der Waals surface area contributed by atoms with Gasteiger partial charge in [-0.05, 0) is 36.4 Å². The zero-order chi connectivity index (χ0) is 17.2. The first-order chi connectivity index (χ1) is 11.4. The molecule has 1 heterocycles. The topological polar surface area (TPSA) is 51.2 Å². The van der Waals surface area contributed by atoms with Crippen LogP contribution in [-0.4, -0.2) is 17.3 Å². The lowest BCUT2D eigenvalue weighted by Gasteiger charge is -2.10. The first kappa shape index (κ1) is 15.8. The Balaban J connectivity index is 1.73. The van der Waals surface area contributed by atoms with Gasteiger partial charge in [0.05, 0.1) is 11.1 Å². The molecule has 0 fully saturated rings. The lowest BCUT2D eigenvalue weighted by atomic mass is 10.1. The van der Waals surface area contributed by atoms with Gasteiger partial charge in [-0.1, -0.05) is 18.2 Å². The molecule has 2 aromatic carbocycles. The number of pyridine rings is 1. The van der Waals surface area contributed by atoms with Crippen LogP contribution in [0.25, 0.3) is 10.9 Å². The monoisotopic (exact) mass is 332 g/mol. The highest BCUT2D eigenvalue weighted by Gasteiger charge is 2.30. The van der Waals surface area contributed by atoms with Crippen molar-refractivity contribution in [2.75, 3.05) is 5.32 Å². The summed E-state index contributed by atoms with van der Waals surface area (Å²) in [5, 5.41) is 3.42. The SMILES string of the molecule is O=C(Nc1ccc(OC(F)(F)F)cc1)c1cnc2ccccc2c1. The molecule has 1 aromatic heterocycles. The zero-order valence-electron chi connectivity index (χ0n) is 12.2. The van der Waals surface area contributed by atoms with E-state index in [1.807, 2.05) is 24.3 Å². The number of carbonyl (C=O) groups excluding carboxylic acids is 1. The van der Waals surface area contributed by atoms with E-state index in [1.165, 1.54) is 18.3 Å². The number of hydrogen-bond acceptors (Lipinski definition) is 3. The van der Waals surface area contributed by atoms with Gasteiger partial charge in [0.1, 0.15) is 5.75 Å². The van der Waals surface area contributed by atoms with Gasteiger partial charge in [-0.2, -0.15) is 0 Å². The normalized spacial score (nSPS) is 11.3. The van der Waals surface area contributed by atoms with Crippen LogP contribution in [0.15, 0.2) is 60.8 Å². The summed E-state index contributed by atoms with van der Waals surface area (Å²) in [6.07, 6.45) is -3.31. The number of anilines is 1. The van der Waals surface area contributed by atoms with Crippen molar-refractivity contribution >= 4 is 22.5 Å². The Morgan fingerprint density at radius 2 is 1.75 bits per heavy atom. The number of ether oxygens (including phenoxy) is 1. The summed E-state index contributed by atoms with van der Waals surface area (Å²) in [5.74, 6) is -0.759. The van der Waals surface area contributed by atoms with E-state index in [4.69, 9.17) is 0 Å². The summed E-state index contributed by atoms with van der Waals surface area (Å²) >= 11 is 0. The number of fused-ring (bicyclic) bond motifs is 1. The number of nitrogens with zero attached hydrogens (tertiary/aromatic N) is 1. The third-order valence-corrected chi connectivity index (χ3v) is 3.20. The smallest absolute Gasteiger partial charge is 0.406 e. The number of carbonyl (C=O) groups is 1. The molecule has 3 aromatic rings.